The summed E-state index contributed by atoms with van der Waals surface area (Å²) in [7, 11) is 0. The van der Waals surface area contributed by atoms with Crippen molar-refractivity contribution in [2.75, 3.05) is 0 Å². The molecule has 0 heterocycles. The maximum absolute atomic E-state index is 10.4. The van der Waals surface area contributed by atoms with Crippen LogP contribution in [0.2, 0.25) is 0 Å². The van der Waals surface area contributed by atoms with E-state index in [2.05, 4.69) is 0 Å². The van der Waals surface area contributed by atoms with Gasteiger partial charge in [-0.2, -0.15) is 5.26 Å². The molecule has 0 saturated carbocycles. The van der Waals surface area contributed by atoms with Crippen LogP contribution in [0, 0.1) is 11.3 Å². The van der Waals surface area contributed by atoms with Crippen LogP contribution in [0.3, 0.4) is 0 Å². The lowest BCUT2D eigenvalue weighted by Gasteiger charge is -2.11. The van der Waals surface area contributed by atoms with Gasteiger partial charge in [-0.05, 0) is 31.8 Å². The smallest absolute Gasteiger partial charge is 0.160 e. The van der Waals surface area contributed by atoms with Crippen molar-refractivity contribution in [1.82, 2.24) is 0 Å². The predicted molar refractivity (Wildman–Crippen MR) is 46.3 cm³/mol. The van der Waals surface area contributed by atoms with Gasteiger partial charge in [-0.15, -0.1) is 0 Å². The molecule has 0 fully saturated rings. The number of hydrogen-bond acceptors (Lipinski definition) is 2. The molecular weight excluding hydrogens is 150 g/mol. The van der Waals surface area contributed by atoms with Crippen LogP contribution in [0.25, 0.3) is 0 Å². The maximum Gasteiger partial charge on any atom is 0.160 e. The largest absolute Gasteiger partial charge is 0.297 e. The molecule has 0 radical (unpaired) electrons. The van der Waals surface area contributed by atoms with Crippen molar-refractivity contribution in [2.45, 2.75) is 26.2 Å². The van der Waals surface area contributed by atoms with Crippen molar-refractivity contribution in [3.8, 4) is 6.07 Å². The lowest BCUT2D eigenvalue weighted by Crippen LogP contribution is -1.96. The fourth-order valence-electron chi connectivity index (χ4n) is 1.39. The quantitative estimate of drug-likeness (QED) is 0.336. The lowest BCUT2D eigenvalue weighted by atomic mass is 9.93. The molecule has 0 unspecified atom stereocenters. The summed E-state index contributed by atoms with van der Waals surface area (Å²) in [5.41, 5.74) is 2.44. The summed E-state index contributed by atoms with van der Waals surface area (Å²) in [6.07, 6.45) is 5.59. The second-order valence-electron chi connectivity index (χ2n) is 3.01. The number of nitriles is 1. The van der Waals surface area contributed by atoms with Gasteiger partial charge >= 0.3 is 0 Å². The normalized spacial score (nSPS) is 20.8. The van der Waals surface area contributed by atoms with Crippen molar-refractivity contribution >= 4 is 6.29 Å². The van der Waals surface area contributed by atoms with Gasteiger partial charge in [0.05, 0.1) is 5.57 Å². The van der Waals surface area contributed by atoms with Crippen LogP contribution in [-0.2, 0) is 4.79 Å². The average Bonchev–Trinajstić information content (AvgIpc) is 2.07. The second kappa shape index (κ2) is 3.87. The fourth-order valence-corrected chi connectivity index (χ4v) is 1.39. The lowest BCUT2D eigenvalue weighted by molar-refractivity contribution is -0.104. The Balaban J connectivity index is 3.02. The van der Waals surface area contributed by atoms with E-state index in [1.54, 1.807) is 0 Å². The molecule has 1 rings (SSSR count). The van der Waals surface area contributed by atoms with Crippen LogP contribution >= 0.6 is 0 Å². The highest BCUT2D eigenvalue weighted by Gasteiger charge is 2.08. The Morgan fingerprint density at radius 1 is 1.67 bits per heavy atom. The summed E-state index contributed by atoms with van der Waals surface area (Å²) >= 11 is 0. The zero-order valence-electron chi connectivity index (χ0n) is 7.13. The second-order valence-corrected chi connectivity index (χ2v) is 3.01. The van der Waals surface area contributed by atoms with Gasteiger partial charge in [-0.1, -0.05) is 11.6 Å². The molecule has 62 valence electrons. The van der Waals surface area contributed by atoms with Gasteiger partial charge in [0, 0.05) is 0 Å². The summed E-state index contributed by atoms with van der Waals surface area (Å²) in [6, 6.07) is 1.91. The van der Waals surface area contributed by atoms with E-state index in [1.165, 1.54) is 5.57 Å². The van der Waals surface area contributed by atoms with Gasteiger partial charge in [-0.3, -0.25) is 4.79 Å². The fraction of sp³-hybridized carbons (Fsp3) is 0.400. The van der Waals surface area contributed by atoms with Gasteiger partial charge in [0.15, 0.2) is 6.29 Å². The number of carbonyl (C=O) groups excluding carboxylic acids is 1. The predicted octanol–water partition coefficient (Wildman–Crippen LogP) is 2.14. The topological polar surface area (TPSA) is 40.9 Å². The number of aldehydes is 1. The van der Waals surface area contributed by atoms with Crippen LogP contribution in [0.1, 0.15) is 26.2 Å². The van der Waals surface area contributed by atoms with Gasteiger partial charge in [0.1, 0.15) is 6.07 Å². The molecule has 1 aliphatic rings. The zero-order chi connectivity index (χ0) is 8.97. The Morgan fingerprint density at radius 2 is 2.42 bits per heavy atom. The average molecular weight is 161 g/mol. The van der Waals surface area contributed by atoms with E-state index >= 15 is 0 Å². The number of rotatable bonds is 1. The van der Waals surface area contributed by atoms with E-state index < -0.39 is 0 Å². The molecule has 0 aromatic rings. The first-order valence-corrected chi connectivity index (χ1v) is 4.03. The molecule has 12 heavy (non-hydrogen) atoms. The van der Waals surface area contributed by atoms with Crippen molar-refractivity contribution in [1.29, 1.82) is 5.26 Å². The first-order valence-electron chi connectivity index (χ1n) is 4.03. The van der Waals surface area contributed by atoms with Crippen molar-refractivity contribution < 1.29 is 4.79 Å². The Hall–Kier alpha value is -1.36. The van der Waals surface area contributed by atoms with E-state index in [-0.39, 0.29) is 5.57 Å². The van der Waals surface area contributed by atoms with Gasteiger partial charge in [0.25, 0.3) is 0 Å². The van der Waals surface area contributed by atoms with E-state index in [9.17, 15) is 4.79 Å². The molecule has 0 aliphatic heterocycles. The van der Waals surface area contributed by atoms with Crippen LogP contribution in [0.15, 0.2) is 22.8 Å². The molecule has 0 amide bonds. The van der Waals surface area contributed by atoms with Crippen LogP contribution in [0.5, 0.6) is 0 Å². The first kappa shape index (κ1) is 8.73. The van der Waals surface area contributed by atoms with E-state index in [4.69, 9.17) is 5.26 Å². The number of carbonyl (C=O) groups is 1. The number of hydrogen-bond donors (Lipinski definition) is 0. The molecule has 0 spiro atoms. The highest BCUT2D eigenvalue weighted by atomic mass is 16.1. The zero-order valence-corrected chi connectivity index (χ0v) is 7.13. The monoisotopic (exact) mass is 161 g/mol. The van der Waals surface area contributed by atoms with Gasteiger partial charge in [0.2, 0.25) is 0 Å². The minimum absolute atomic E-state index is 0.286. The SMILES string of the molecule is CC1=C/C(=C(\C#N)C=O)CCC1. The molecule has 2 nitrogen and oxygen atoms in total. The third kappa shape index (κ3) is 1.82. The van der Waals surface area contributed by atoms with Crippen LogP contribution in [-0.4, -0.2) is 6.29 Å². The molecule has 2 heteroatoms. The summed E-state index contributed by atoms with van der Waals surface area (Å²) in [5.74, 6) is 0. The van der Waals surface area contributed by atoms with Crippen molar-refractivity contribution in [2.24, 2.45) is 0 Å². The summed E-state index contributed by atoms with van der Waals surface area (Å²) in [6.45, 7) is 2.03. The Bertz CT molecular complexity index is 291. The van der Waals surface area contributed by atoms with Gasteiger partial charge in [-0.25, -0.2) is 0 Å². The van der Waals surface area contributed by atoms with Crippen molar-refractivity contribution in [3.05, 3.63) is 22.8 Å². The molecular formula is C10H11NO. The standard InChI is InChI=1S/C10H11NO/c1-8-3-2-4-9(5-8)10(6-11)7-12/h5,7H,2-4H2,1H3/b10-9+. The Labute approximate surface area is 72.2 Å². The molecule has 0 saturated heterocycles. The molecule has 0 bridgehead atoms. The summed E-state index contributed by atoms with van der Waals surface area (Å²) < 4.78 is 0. The maximum atomic E-state index is 10.4. The number of nitrogens with zero attached hydrogens (tertiary/aromatic N) is 1. The third-order valence-corrected chi connectivity index (χ3v) is 2.02. The summed E-state index contributed by atoms with van der Waals surface area (Å²) in [5, 5.41) is 8.60. The van der Waals surface area contributed by atoms with Crippen molar-refractivity contribution in [3.63, 3.8) is 0 Å². The molecule has 1 aliphatic carbocycles. The highest BCUT2D eigenvalue weighted by Crippen LogP contribution is 2.23. The van der Waals surface area contributed by atoms with E-state index in [0.29, 0.717) is 6.29 Å². The van der Waals surface area contributed by atoms with Crippen LogP contribution in [0.4, 0.5) is 0 Å². The molecule has 0 aromatic heterocycles. The molecule has 0 aromatic carbocycles. The highest BCUT2D eigenvalue weighted by molar-refractivity contribution is 5.81. The molecule has 0 atom stereocenters. The van der Waals surface area contributed by atoms with Crippen LogP contribution < -0.4 is 0 Å². The minimum Gasteiger partial charge on any atom is -0.297 e. The Kier molecular flexibility index (Phi) is 2.82. The first-order chi connectivity index (χ1) is 5.77. The summed E-state index contributed by atoms with van der Waals surface area (Å²) in [4.78, 5) is 10.4. The minimum atomic E-state index is 0.286. The third-order valence-electron chi connectivity index (χ3n) is 2.02. The van der Waals surface area contributed by atoms with Gasteiger partial charge < -0.3 is 0 Å². The van der Waals surface area contributed by atoms with E-state index in [0.717, 1.165) is 24.8 Å². The number of allylic oxidation sites excluding steroid dienone is 4. The van der Waals surface area contributed by atoms with E-state index in [1.807, 2.05) is 19.1 Å². The molecule has 0 N–H and O–H groups in total. The Morgan fingerprint density at radius 3 is 2.92 bits per heavy atom.